The first kappa shape index (κ1) is 15.1. The third-order valence-corrected chi connectivity index (χ3v) is 5.40. The summed E-state index contributed by atoms with van der Waals surface area (Å²) in [7, 11) is 2.15. The summed E-state index contributed by atoms with van der Waals surface area (Å²) in [6.45, 7) is 7.41. The number of hydrogen-bond acceptors (Lipinski definition) is 2. The number of likely N-dealkylation sites (tertiary alicyclic amines) is 1. The van der Waals surface area contributed by atoms with Gasteiger partial charge in [0.2, 0.25) is 0 Å². The van der Waals surface area contributed by atoms with Crippen molar-refractivity contribution in [2.45, 2.75) is 76.8 Å². The molecule has 0 saturated carbocycles. The third kappa shape index (κ3) is 3.22. The molecule has 0 spiro atoms. The largest absolute Gasteiger partial charge is 0.312 e. The Labute approximate surface area is 119 Å². The zero-order valence-electron chi connectivity index (χ0n) is 13.2. The lowest BCUT2D eigenvalue weighted by molar-refractivity contribution is 0.0992. The molecule has 0 bridgehead atoms. The van der Waals surface area contributed by atoms with Gasteiger partial charge in [-0.25, -0.2) is 0 Å². The van der Waals surface area contributed by atoms with Crippen molar-refractivity contribution in [3.63, 3.8) is 0 Å². The minimum absolute atomic E-state index is 0.293. The summed E-state index contributed by atoms with van der Waals surface area (Å²) in [5.74, 6) is 0. The van der Waals surface area contributed by atoms with Crippen LogP contribution in [0.25, 0.3) is 0 Å². The molecule has 2 rings (SSSR count). The second-order valence-corrected chi connectivity index (χ2v) is 6.50. The molecule has 110 valence electrons. The fraction of sp³-hybridized carbons (Fsp3) is 0.882. The molecule has 0 aromatic rings. The van der Waals surface area contributed by atoms with Crippen LogP contribution in [-0.4, -0.2) is 36.6 Å². The Kier molecular flexibility index (Phi) is 5.47. The fourth-order valence-electron chi connectivity index (χ4n) is 4.04. The average molecular weight is 264 g/mol. The molecule has 1 aliphatic carbocycles. The second kappa shape index (κ2) is 6.90. The van der Waals surface area contributed by atoms with Crippen LogP contribution in [0.15, 0.2) is 11.6 Å². The summed E-state index contributed by atoms with van der Waals surface area (Å²) in [6, 6.07) is 0.536. The molecular formula is C17H32N2. The molecule has 2 aliphatic rings. The van der Waals surface area contributed by atoms with Crippen molar-refractivity contribution in [2.75, 3.05) is 20.1 Å². The van der Waals surface area contributed by atoms with Gasteiger partial charge >= 0.3 is 0 Å². The summed E-state index contributed by atoms with van der Waals surface area (Å²) < 4.78 is 0. The van der Waals surface area contributed by atoms with Crippen molar-refractivity contribution in [3.05, 3.63) is 11.6 Å². The number of nitrogens with one attached hydrogen (secondary N) is 1. The zero-order chi connectivity index (χ0) is 13.7. The summed E-state index contributed by atoms with van der Waals surface area (Å²) in [5, 5.41) is 3.66. The topological polar surface area (TPSA) is 15.3 Å². The van der Waals surface area contributed by atoms with Crippen LogP contribution >= 0.6 is 0 Å². The fourth-order valence-corrected chi connectivity index (χ4v) is 4.04. The maximum absolute atomic E-state index is 3.66. The normalized spacial score (nSPS) is 26.6. The van der Waals surface area contributed by atoms with Gasteiger partial charge in [-0.15, -0.1) is 0 Å². The van der Waals surface area contributed by atoms with Crippen molar-refractivity contribution in [1.82, 2.24) is 10.2 Å². The highest BCUT2D eigenvalue weighted by Crippen LogP contribution is 2.33. The Morgan fingerprint density at radius 3 is 2.58 bits per heavy atom. The van der Waals surface area contributed by atoms with Gasteiger partial charge in [0.1, 0.15) is 0 Å². The van der Waals surface area contributed by atoms with Crippen LogP contribution in [0.5, 0.6) is 0 Å². The molecule has 2 heteroatoms. The molecule has 2 atom stereocenters. The Morgan fingerprint density at radius 2 is 1.95 bits per heavy atom. The highest BCUT2D eigenvalue weighted by Gasteiger charge is 2.40. The van der Waals surface area contributed by atoms with E-state index in [0.29, 0.717) is 11.6 Å². The molecule has 0 amide bonds. The maximum atomic E-state index is 3.66. The van der Waals surface area contributed by atoms with Crippen LogP contribution in [-0.2, 0) is 0 Å². The molecule has 2 unspecified atom stereocenters. The monoisotopic (exact) mass is 264 g/mol. The Balaban J connectivity index is 2.19. The highest BCUT2D eigenvalue weighted by atomic mass is 15.2. The number of likely N-dealkylation sites (N-methyl/N-ethyl adjacent to an activating group) is 1. The van der Waals surface area contributed by atoms with Crippen LogP contribution < -0.4 is 5.32 Å². The van der Waals surface area contributed by atoms with E-state index >= 15 is 0 Å². The van der Waals surface area contributed by atoms with Crippen molar-refractivity contribution in [3.8, 4) is 0 Å². The van der Waals surface area contributed by atoms with Crippen LogP contribution in [0.3, 0.4) is 0 Å². The minimum Gasteiger partial charge on any atom is -0.312 e. The first-order chi connectivity index (χ1) is 9.22. The van der Waals surface area contributed by atoms with Crippen molar-refractivity contribution < 1.29 is 0 Å². The number of rotatable bonds is 5. The zero-order valence-corrected chi connectivity index (χ0v) is 13.2. The first-order valence-corrected chi connectivity index (χ1v) is 8.33. The lowest BCUT2D eigenvalue weighted by Gasteiger charge is -2.45. The van der Waals surface area contributed by atoms with Crippen LogP contribution in [0.2, 0.25) is 0 Å². The van der Waals surface area contributed by atoms with Gasteiger partial charge in [-0.1, -0.05) is 25.0 Å². The quantitative estimate of drug-likeness (QED) is 0.761. The summed E-state index contributed by atoms with van der Waals surface area (Å²) in [6.07, 6.45) is 13.3. The molecular weight excluding hydrogens is 232 g/mol. The average Bonchev–Trinajstić information content (AvgIpc) is 2.85. The van der Waals surface area contributed by atoms with E-state index in [4.69, 9.17) is 0 Å². The van der Waals surface area contributed by atoms with Crippen LogP contribution in [0, 0.1) is 0 Å². The molecule has 1 aliphatic heterocycles. The van der Waals surface area contributed by atoms with Gasteiger partial charge in [-0.05, 0) is 72.0 Å². The van der Waals surface area contributed by atoms with E-state index < -0.39 is 0 Å². The Morgan fingerprint density at radius 1 is 1.21 bits per heavy atom. The van der Waals surface area contributed by atoms with E-state index in [9.17, 15) is 0 Å². The predicted molar refractivity (Wildman–Crippen MR) is 83.5 cm³/mol. The van der Waals surface area contributed by atoms with Gasteiger partial charge in [-0.3, -0.25) is 4.90 Å². The summed E-state index contributed by atoms with van der Waals surface area (Å²) in [4.78, 5) is 2.74. The van der Waals surface area contributed by atoms with E-state index in [2.05, 4.69) is 37.2 Å². The first-order valence-electron chi connectivity index (χ1n) is 8.33. The lowest BCUT2D eigenvalue weighted by atomic mass is 9.81. The smallest absolute Gasteiger partial charge is 0.0461 e. The SMILES string of the molecule is CCC(C)(C(NC)C1=CCCCCC1)N1CCCC1. The molecule has 19 heavy (non-hydrogen) atoms. The highest BCUT2D eigenvalue weighted by molar-refractivity contribution is 5.20. The van der Waals surface area contributed by atoms with Gasteiger partial charge in [0.25, 0.3) is 0 Å². The van der Waals surface area contributed by atoms with Gasteiger partial charge < -0.3 is 5.32 Å². The maximum Gasteiger partial charge on any atom is 0.0461 e. The molecule has 0 aromatic carbocycles. The molecule has 0 radical (unpaired) electrons. The summed E-state index contributed by atoms with van der Waals surface area (Å²) >= 11 is 0. The molecule has 1 heterocycles. The standard InChI is InChI=1S/C17H32N2/c1-4-17(2,19-13-9-10-14-19)16(18-3)15-11-7-5-6-8-12-15/h11,16,18H,4-10,12-14H2,1-3H3. The Bertz CT molecular complexity index is 304. The minimum atomic E-state index is 0.293. The number of allylic oxidation sites excluding steroid dienone is 1. The lowest BCUT2D eigenvalue weighted by Crippen LogP contribution is -2.58. The second-order valence-electron chi connectivity index (χ2n) is 6.50. The van der Waals surface area contributed by atoms with Crippen molar-refractivity contribution >= 4 is 0 Å². The van der Waals surface area contributed by atoms with Crippen LogP contribution in [0.4, 0.5) is 0 Å². The molecule has 1 fully saturated rings. The molecule has 1 saturated heterocycles. The van der Waals surface area contributed by atoms with Gasteiger partial charge in [0.05, 0.1) is 0 Å². The van der Waals surface area contributed by atoms with Gasteiger partial charge in [0, 0.05) is 11.6 Å². The van der Waals surface area contributed by atoms with Crippen LogP contribution in [0.1, 0.15) is 65.2 Å². The van der Waals surface area contributed by atoms with E-state index in [1.54, 1.807) is 5.57 Å². The predicted octanol–water partition coefficient (Wildman–Crippen LogP) is 3.73. The van der Waals surface area contributed by atoms with Gasteiger partial charge in [0.15, 0.2) is 0 Å². The molecule has 1 N–H and O–H groups in total. The number of hydrogen-bond donors (Lipinski definition) is 1. The Hall–Kier alpha value is -0.340. The summed E-state index contributed by atoms with van der Waals surface area (Å²) in [5.41, 5.74) is 1.97. The molecule has 0 aromatic heterocycles. The van der Waals surface area contributed by atoms with E-state index in [1.807, 2.05) is 0 Å². The van der Waals surface area contributed by atoms with Crippen molar-refractivity contribution in [1.29, 1.82) is 0 Å². The van der Waals surface area contributed by atoms with Gasteiger partial charge in [-0.2, -0.15) is 0 Å². The van der Waals surface area contributed by atoms with E-state index in [0.717, 1.165) is 0 Å². The van der Waals surface area contributed by atoms with Crippen molar-refractivity contribution in [2.24, 2.45) is 0 Å². The molecule has 2 nitrogen and oxygen atoms in total. The number of nitrogens with zero attached hydrogens (tertiary/aromatic N) is 1. The van der Waals surface area contributed by atoms with E-state index in [1.165, 1.54) is 64.5 Å². The third-order valence-electron chi connectivity index (χ3n) is 5.40. The van der Waals surface area contributed by atoms with E-state index in [-0.39, 0.29) is 0 Å².